The Hall–Kier alpha value is -1.08. The van der Waals surface area contributed by atoms with Crippen molar-refractivity contribution in [1.82, 2.24) is 14.9 Å². The first-order chi connectivity index (χ1) is 9.25. The van der Waals surface area contributed by atoms with Crippen LogP contribution in [0.3, 0.4) is 0 Å². The van der Waals surface area contributed by atoms with Gasteiger partial charge in [-0.25, -0.2) is 9.97 Å². The number of nitrogens with one attached hydrogen (secondary N) is 1. The number of anilines is 1. The Kier molecular flexibility index (Phi) is 4.39. The van der Waals surface area contributed by atoms with E-state index >= 15 is 0 Å². The minimum atomic E-state index is -4.60. The molecule has 1 aromatic rings. The van der Waals surface area contributed by atoms with Crippen LogP contribution in [0, 0.1) is 0 Å². The number of aromatic nitrogens is 2. The zero-order valence-electron chi connectivity index (χ0n) is 11.2. The molecule has 112 valence electrons. The molecule has 1 saturated heterocycles. The zero-order valence-corrected chi connectivity index (χ0v) is 12.0. The molecule has 1 fully saturated rings. The zero-order chi connectivity index (χ0) is 14.9. The summed E-state index contributed by atoms with van der Waals surface area (Å²) in [7, 11) is 2.03. The summed E-state index contributed by atoms with van der Waals surface area (Å²) in [5.74, 6) is -1.09. The molecule has 1 aliphatic heterocycles. The van der Waals surface area contributed by atoms with E-state index < -0.39 is 12.0 Å². The SMILES string of the molecule is CC1CC(Nc2cc(Cl)nc(C(F)(F)F)n2)CCN1C. The van der Waals surface area contributed by atoms with Crippen LogP contribution in [0.25, 0.3) is 0 Å². The van der Waals surface area contributed by atoms with Crippen molar-refractivity contribution in [2.75, 3.05) is 18.9 Å². The molecule has 0 saturated carbocycles. The Labute approximate surface area is 120 Å². The van der Waals surface area contributed by atoms with E-state index in [1.54, 1.807) is 0 Å². The Morgan fingerprint density at radius 3 is 2.70 bits per heavy atom. The maximum Gasteiger partial charge on any atom is 0.451 e. The number of piperidine rings is 1. The van der Waals surface area contributed by atoms with Crippen molar-refractivity contribution in [2.24, 2.45) is 0 Å². The second-order valence-corrected chi connectivity index (χ2v) is 5.48. The van der Waals surface area contributed by atoms with Crippen molar-refractivity contribution in [3.05, 3.63) is 17.0 Å². The molecule has 1 N–H and O–H groups in total. The molecule has 2 rings (SSSR count). The van der Waals surface area contributed by atoms with Crippen LogP contribution in [0.4, 0.5) is 19.0 Å². The number of hydrogen-bond acceptors (Lipinski definition) is 4. The van der Waals surface area contributed by atoms with Crippen LogP contribution >= 0.6 is 11.6 Å². The summed E-state index contributed by atoms with van der Waals surface area (Å²) >= 11 is 5.63. The second-order valence-electron chi connectivity index (χ2n) is 5.09. The summed E-state index contributed by atoms with van der Waals surface area (Å²) in [4.78, 5) is 8.92. The van der Waals surface area contributed by atoms with Crippen molar-refractivity contribution in [3.8, 4) is 0 Å². The van der Waals surface area contributed by atoms with Gasteiger partial charge in [-0.3, -0.25) is 0 Å². The molecule has 0 radical (unpaired) electrons. The molecule has 0 spiro atoms. The van der Waals surface area contributed by atoms with E-state index in [1.807, 2.05) is 7.05 Å². The molecular formula is C12H16ClF3N4. The van der Waals surface area contributed by atoms with Crippen molar-refractivity contribution < 1.29 is 13.2 Å². The summed E-state index contributed by atoms with van der Waals surface area (Å²) < 4.78 is 37.9. The minimum absolute atomic E-state index is 0.0910. The van der Waals surface area contributed by atoms with E-state index in [0.717, 1.165) is 19.4 Å². The van der Waals surface area contributed by atoms with E-state index in [-0.39, 0.29) is 17.0 Å². The summed E-state index contributed by atoms with van der Waals surface area (Å²) in [6.07, 6.45) is -2.90. The highest BCUT2D eigenvalue weighted by Gasteiger charge is 2.35. The fourth-order valence-corrected chi connectivity index (χ4v) is 2.43. The largest absolute Gasteiger partial charge is 0.451 e. The minimum Gasteiger partial charge on any atom is -0.367 e. The molecule has 2 unspecified atom stereocenters. The number of alkyl halides is 3. The predicted octanol–water partition coefficient (Wildman–Crippen LogP) is 3.04. The van der Waals surface area contributed by atoms with E-state index in [1.165, 1.54) is 6.07 Å². The highest BCUT2D eigenvalue weighted by molar-refractivity contribution is 6.29. The van der Waals surface area contributed by atoms with Gasteiger partial charge in [0, 0.05) is 24.7 Å². The Morgan fingerprint density at radius 2 is 2.10 bits per heavy atom. The van der Waals surface area contributed by atoms with Crippen LogP contribution in [0.15, 0.2) is 6.07 Å². The van der Waals surface area contributed by atoms with Crippen LogP contribution in [0.5, 0.6) is 0 Å². The van der Waals surface area contributed by atoms with Gasteiger partial charge in [0.15, 0.2) is 0 Å². The molecule has 2 atom stereocenters. The van der Waals surface area contributed by atoms with Gasteiger partial charge in [0.25, 0.3) is 0 Å². The second kappa shape index (κ2) is 5.73. The third kappa shape index (κ3) is 3.73. The maximum atomic E-state index is 12.6. The lowest BCUT2D eigenvalue weighted by Crippen LogP contribution is -2.42. The van der Waals surface area contributed by atoms with Gasteiger partial charge < -0.3 is 10.2 Å². The molecule has 0 aliphatic carbocycles. The first-order valence-electron chi connectivity index (χ1n) is 6.34. The number of hydrogen-bond donors (Lipinski definition) is 1. The summed E-state index contributed by atoms with van der Waals surface area (Å²) in [5.41, 5.74) is 0. The van der Waals surface area contributed by atoms with Crippen LogP contribution in [0.2, 0.25) is 5.15 Å². The summed E-state index contributed by atoms with van der Waals surface area (Å²) in [6.45, 7) is 2.98. The third-order valence-corrected chi connectivity index (χ3v) is 3.70. The van der Waals surface area contributed by atoms with Gasteiger partial charge in [0.2, 0.25) is 5.82 Å². The molecule has 20 heavy (non-hydrogen) atoms. The number of nitrogens with zero attached hydrogens (tertiary/aromatic N) is 3. The van der Waals surface area contributed by atoms with Gasteiger partial charge in [-0.05, 0) is 26.8 Å². The lowest BCUT2D eigenvalue weighted by molar-refractivity contribution is -0.144. The quantitative estimate of drug-likeness (QED) is 0.853. The normalized spacial score (nSPS) is 24.7. The molecule has 2 heterocycles. The molecule has 8 heteroatoms. The van der Waals surface area contributed by atoms with E-state index in [9.17, 15) is 13.2 Å². The number of halogens is 4. The maximum absolute atomic E-state index is 12.6. The van der Waals surface area contributed by atoms with Crippen molar-refractivity contribution in [3.63, 3.8) is 0 Å². The van der Waals surface area contributed by atoms with Crippen LogP contribution in [-0.4, -0.2) is 40.5 Å². The molecule has 4 nitrogen and oxygen atoms in total. The summed E-state index contributed by atoms with van der Waals surface area (Å²) in [6, 6.07) is 1.79. The van der Waals surface area contributed by atoms with Crippen molar-refractivity contribution >= 4 is 17.4 Å². The van der Waals surface area contributed by atoms with Gasteiger partial charge in [0.1, 0.15) is 11.0 Å². The number of likely N-dealkylation sites (tertiary alicyclic amines) is 1. The standard InChI is InChI=1S/C12H16ClF3N4/c1-7-5-8(3-4-20(7)2)17-10-6-9(13)18-11(19-10)12(14,15)16/h6-8H,3-5H2,1-2H3,(H,17,18,19). The Bertz CT molecular complexity index is 480. The number of rotatable bonds is 2. The molecule has 0 bridgehead atoms. The van der Waals surface area contributed by atoms with Gasteiger partial charge in [-0.1, -0.05) is 11.6 Å². The van der Waals surface area contributed by atoms with Gasteiger partial charge in [0.05, 0.1) is 0 Å². The van der Waals surface area contributed by atoms with E-state index in [4.69, 9.17) is 11.6 Å². The Morgan fingerprint density at radius 1 is 1.40 bits per heavy atom. The van der Waals surface area contributed by atoms with Gasteiger partial charge >= 0.3 is 6.18 Å². The van der Waals surface area contributed by atoms with Crippen molar-refractivity contribution in [2.45, 2.75) is 38.0 Å². The first-order valence-corrected chi connectivity index (χ1v) is 6.72. The molecular weight excluding hydrogens is 293 g/mol. The van der Waals surface area contributed by atoms with Crippen LogP contribution in [0.1, 0.15) is 25.6 Å². The highest BCUT2D eigenvalue weighted by atomic mass is 35.5. The average molecular weight is 309 g/mol. The fourth-order valence-electron chi connectivity index (χ4n) is 2.25. The highest BCUT2D eigenvalue weighted by Crippen LogP contribution is 2.29. The molecule has 1 aliphatic rings. The summed E-state index contributed by atoms with van der Waals surface area (Å²) in [5, 5.41) is 2.81. The average Bonchev–Trinajstić information content (AvgIpc) is 2.32. The first kappa shape index (κ1) is 15.3. The fraction of sp³-hybridized carbons (Fsp3) is 0.667. The van der Waals surface area contributed by atoms with E-state index in [0.29, 0.717) is 6.04 Å². The topological polar surface area (TPSA) is 41.1 Å². The Balaban J connectivity index is 2.12. The lowest BCUT2D eigenvalue weighted by Gasteiger charge is -2.35. The monoisotopic (exact) mass is 308 g/mol. The smallest absolute Gasteiger partial charge is 0.367 e. The lowest BCUT2D eigenvalue weighted by atomic mass is 9.99. The predicted molar refractivity (Wildman–Crippen MR) is 70.8 cm³/mol. The molecule has 0 aromatic carbocycles. The molecule has 0 amide bonds. The van der Waals surface area contributed by atoms with Crippen molar-refractivity contribution in [1.29, 1.82) is 0 Å². The third-order valence-electron chi connectivity index (χ3n) is 3.51. The van der Waals surface area contributed by atoms with E-state index in [2.05, 4.69) is 27.1 Å². The van der Waals surface area contributed by atoms with Gasteiger partial charge in [-0.15, -0.1) is 0 Å². The van der Waals surface area contributed by atoms with Crippen LogP contribution in [-0.2, 0) is 6.18 Å². The van der Waals surface area contributed by atoms with Gasteiger partial charge in [-0.2, -0.15) is 13.2 Å². The van der Waals surface area contributed by atoms with Crippen LogP contribution < -0.4 is 5.32 Å². The molecule has 1 aromatic heterocycles.